The summed E-state index contributed by atoms with van der Waals surface area (Å²) < 4.78 is 6.06. The smallest absolute Gasteiger partial charge is 0.331 e. The normalized spacial score (nSPS) is 20.1. The van der Waals surface area contributed by atoms with E-state index < -0.39 is 0 Å². The molecule has 2 aliphatic heterocycles. The zero-order valence-corrected chi connectivity index (χ0v) is 20.1. The maximum atomic E-state index is 13.4. The van der Waals surface area contributed by atoms with Gasteiger partial charge in [-0.15, -0.1) is 11.3 Å². The molecule has 3 N–H and O–H groups in total. The van der Waals surface area contributed by atoms with Crippen molar-refractivity contribution in [3.63, 3.8) is 0 Å². The number of piperidine rings is 1. The number of hydrogen-bond acceptors (Lipinski definition) is 6. The SMILES string of the molecule is C=C(NC1CCCNC1)c1sc2nccc3c2c1NC(=O)N3c1ccc(OC2CCC2)cc1C. The number of carbonyl (C=O) groups excluding carboxylic acids is 1. The Balaban J connectivity index is 1.34. The summed E-state index contributed by atoms with van der Waals surface area (Å²) in [5.41, 5.74) is 4.31. The number of benzene rings is 1. The number of nitrogens with one attached hydrogen (secondary N) is 3. The fourth-order valence-electron chi connectivity index (χ4n) is 4.96. The minimum atomic E-state index is -0.178. The Morgan fingerprint density at radius 2 is 2.12 bits per heavy atom. The predicted octanol–water partition coefficient (Wildman–Crippen LogP) is 5.53. The summed E-state index contributed by atoms with van der Waals surface area (Å²) in [5.74, 6) is 0.862. The molecule has 176 valence electrons. The average molecular weight is 476 g/mol. The standard InChI is InChI=1S/C26H29N5O2S/c1-15-13-19(33-18-6-3-7-18)8-9-20(15)31-21-10-12-28-25-22(21)23(30-26(31)32)24(34-25)16(2)29-17-5-4-11-27-14-17/h8-10,12-13,17-18,27,29H,2-7,11,14H2,1H3,(H,30,32). The molecule has 1 aromatic carbocycles. The third kappa shape index (κ3) is 3.71. The third-order valence-electron chi connectivity index (χ3n) is 6.96. The number of carbonyl (C=O) groups is 1. The molecule has 0 spiro atoms. The quantitative estimate of drug-likeness (QED) is 0.437. The highest BCUT2D eigenvalue weighted by Gasteiger charge is 2.32. The van der Waals surface area contributed by atoms with Crippen LogP contribution >= 0.6 is 11.3 Å². The Labute approximate surface area is 203 Å². The number of rotatable bonds is 6. The van der Waals surface area contributed by atoms with Crippen LogP contribution in [0.4, 0.5) is 21.9 Å². The maximum absolute atomic E-state index is 13.4. The number of ether oxygens (including phenoxy) is 1. The van der Waals surface area contributed by atoms with Crippen molar-refractivity contribution in [2.75, 3.05) is 23.3 Å². The summed E-state index contributed by atoms with van der Waals surface area (Å²) in [6, 6.07) is 8.04. The van der Waals surface area contributed by atoms with E-state index in [4.69, 9.17) is 4.74 Å². The maximum Gasteiger partial charge on any atom is 0.331 e. The molecule has 0 bridgehead atoms. The number of pyridine rings is 1. The average Bonchev–Trinajstić information content (AvgIpc) is 3.18. The van der Waals surface area contributed by atoms with Gasteiger partial charge in [0.25, 0.3) is 0 Å². The van der Waals surface area contributed by atoms with Crippen molar-refractivity contribution in [2.24, 2.45) is 0 Å². The Hall–Kier alpha value is -3.10. The second-order valence-electron chi connectivity index (χ2n) is 9.37. The van der Waals surface area contributed by atoms with E-state index in [0.29, 0.717) is 12.1 Å². The highest BCUT2D eigenvalue weighted by Crippen LogP contribution is 2.48. The number of aromatic nitrogens is 1. The lowest BCUT2D eigenvalue weighted by Crippen LogP contribution is -2.42. The van der Waals surface area contributed by atoms with E-state index in [9.17, 15) is 4.79 Å². The first-order chi connectivity index (χ1) is 16.6. The van der Waals surface area contributed by atoms with Gasteiger partial charge in [-0.1, -0.05) is 6.58 Å². The van der Waals surface area contributed by atoms with E-state index in [0.717, 1.165) is 87.9 Å². The van der Waals surface area contributed by atoms with E-state index in [-0.39, 0.29) is 6.03 Å². The van der Waals surface area contributed by atoms with Crippen LogP contribution in [0.5, 0.6) is 5.75 Å². The minimum Gasteiger partial charge on any atom is -0.490 e. The number of hydrogen-bond donors (Lipinski definition) is 3. The molecule has 2 aromatic heterocycles. The zero-order valence-electron chi connectivity index (χ0n) is 19.3. The van der Waals surface area contributed by atoms with Gasteiger partial charge in [0, 0.05) is 24.5 Å². The largest absolute Gasteiger partial charge is 0.490 e. The van der Waals surface area contributed by atoms with Crippen LogP contribution in [0.3, 0.4) is 0 Å². The summed E-state index contributed by atoms with van der Waals surface area (Å²) in [6.45, 7) is 8.30. The summed E-state index contributed by atoms with van der Waals surface area (Å²) in [7, 11) is 0. The van der Waals surface area contributed by atoms with Crippen molar-refractivity contribution in [2.45, 2.75) is 51.2 Å². The van der Waals surface area contributed by atoms with Gasteiger partial charge in [-0.3, -0.25) is 4.90 Å². The molecule has 2 amide bonds. The fraction of sp³-hybridized carbons (Fsp3) is 0.385. The third-order valence-corrected chi connectivity index (χ3v) is 8.12. The number of urea groups is 1. The van der Waals surface area contributed by atoms with Crippen molar-refractivity contribution in [1.29, 1.82) is 0 Å². The van der Waals surface area contributed by atoms with E-state index >= 15 is 0 Å². The van der Waals surface area contributed by atoms with Crippen LogP contribution in [0.15, 0.2) is 37.0 Å². The molecule has 6 rings (SSSR count). The van der Waals surface area contributed by atoms with E-state index in [1.807, 2.05) is 31.2 Å². The second kappa shape index (κ2) is 8.60. The van der Waals surface area contributed by atoms with Crippen molar-refractivity contribution in [3.05, 3.63) is 47.5 Å². The summed E-state index contributed by atoms with van der Waals surface area (Å²) in [4.78, 5) is 21.6. The second-order valence-corrected chi connectivity index (χ2v) is 10.4. The molecule has 3 aromatic rings. The highest BCUT2D eigenvalue weighted by atomic mass is 32.1. The number of aryl methyl sites for hydroxylation is 1. The monoisotopic (exact) mass is 475 g/mol. The first-order valence-electron chi connectivity index (χ1n) is 12.0. The number of amides is 2. The first kappa shape index (κ1) is 21.4. The van der Waals surface area contributed by atoms with Crippen molar-refractivity contribution in [3.8, 4) is 5.75 Å². The zero-order chi connectivity index (χ0) is 23.2. The van der Waals surface area contributed by atoms with Gasteiger partial charge >= 0.3 is 6.03 Å². The molecule has 0 radical (unpaired) electrons. The summed E-state index contributed by atoms with van der Waals surface area (Å²) in [5, 5.41) is 11.1. The molecular formula is C26H29N5O2S. The lowest BCUT2D eigenvalue weighted by atomic mass is 9.96. The van der Waals surface area contributed by atoms with E-state index in [1.54, 1.807) is 22.4 Å². The number of anilines is 3. The van der Waals surface area contributed by atoms with Gasteiger partial charge in [0.2, 0.25) is 0 Å². The molecule has 8 heteroatoms. The van der Waals surface area contributed by atoms with Crippen LogP contribution in [-0.2, 0) is 0 Å². The molecule has 7 nitrogen and oxygen atoms in total. The molecular weight excluding hydrogens is 446 g/mol. The van der Waals surface area contributed by atoms with Crippen LogP contribution < -0.4 is 25.6 Å². The predicted molar refractivity (Wildman–Crippen MR) is 138 cm³/mol. The van der Waals surface area contributed by atoms with Crippen molar-refractivity contribution in [1.82, 2.24) is 15.6 Å². The Kier molecular flexibility index (Phi) is 5.42. The van der Waals surface area contributed by atoms with E-state index in [2.05, 4.69) is 27.5 Å². The summed E-state index contributed by atoms with van der Waals surface area (Å²) in [6.07, 6.45) is 7.81. The molecule has 1 aliphatic carbocycles. The highest BCUT2D eigenvalue weighted by molar-refractivity contribution is 7.20. The number of thiophene rings is 1. The summed E-state index contributed by atoms with van der Waals surface area (Å²) >= 11 is 1.57. The van der Waals surface area contributed by atoms with Crippen LogP contribution in [0.1, 0.15) is 42.5 Å². The molecule has 1 unspecified atom stereocenters. The van der Waals surface area contributed by atoms with E-state index in [1.165, 1.54) is 6.42 Å². The molecule has 1 saturated carbocycles. The topological polar surface area (TPSA) is 78.5 Å². The lowest BCUT2D eigenvalue weighted by Gasteiger charge is -2.31. The molecule has 1 atom stereocenters. The van der Waals surface area contributed by atoms with Gasteiger partial charge < -0.3 is 20.7 Å². The van der Waals surface area contributed by atoms with Crippen molar-refractivity contribution < 1.29 is 9.53 Å². The Morgan fingerprint density at radius 1 is 1.24 bits per heavy atom. The van der Waals surface area contributed by atoms with Crippen LogP contribution in [0.2, 0.25) is 0 Å². The molecule has 1 saturated heterocycles. The van der Waals surface area contributed by atoms with Crippen molar-refractivity contribution >= 4 is 50.3 Å². The van der Waals surface area contributed by atoms with Gasteiger partial charge in [0.1, 0.15) is 10.6 Å². The van der Waals surface area contributed by atoms with Gasteiger partial charge in [-0.2, -0.15) is 0 Å². The minimum absolute atomic E-state index is 0.178. The number of nitrogens with zero attached hydrogens (tertiary/aromatic N) is 2. The van der Waals surface area contributed by atoms with Crippen LogP contribution in [0.25, 0.3) is 15.9 Å². The molecule has 4 heterocycles. The van der Waals surface area contributed by atoms with Gasteiger partial charge in [-0.25, -0.2) is 9.78 Å². The fourth-order valence-corrected chi connectivity index (χ4v) is 6.01. The molecule has 2 fully saturated rings. The lowest BCUT2D eigenvalue weighted by molar-refractivity contribution is 0.120. The molecule has 34 heavy (non-hydrogen) atoms. The molecule has 3 aliphatic rings. The van der Waals surface area contributed by atoms with Gasteiger partial charge in [0.15, 0.2) is 0 Å². The van der Waals surface area contributed by atoms with Crippen LogP contribution in [-0.4, -0.2) is 36.3 Å². The first-order valence-corrected chi connectivity index (χ1v) is 12.9. The Bertz CT molecular complexity index is 1280. The Morgan fingerprint density at radius 3 is 2.85 bits per heavy atom. The van der Waals surface area contributed by atoms with Gasteiger partial charge in [-0.05, 0) is 75.4 Å². The van der Waals surface area contributed by atoms with Crippen LogP contribution in [0, 0.1) is 6.92 Å². The van der Waals surface area contributed by atoms with Gasteiger partial charge in [0.05, 0.1) is 33.4 Å².